The molecule has 8 heteroatoms. The van der Waals surface area contributed by atoms with E-state index in [9.17, 15) is 14.7 Å². The van der Waals surface area contributed by atoms with E-state index < -0.39 is 6.09 Å². The summed E-state index contributed by atoms with van der Waals surface area (Å²) in [6, 6.07) is 21.2. The average Bonchev–Trinajstić information content (AvgIpc) is 2.95. The Hall–Kier alpha value is -3.88. The van der Waals surface area contributed by atoms with Gasteiger partial charge >= 0.3 is 6.09 Å². The van der Waals surface area contributed by atoms with Crippen LogP contribution in [0.5, 0.6) is 5.75 Å². The van der Waals surface area contributed by atoms with Crippen molar-refractivity contribution in [1.29, 1.82) is 0 Å². The molecule has 41 heavy (non-hydrogen) atoms. The van der Waals surface area contributed by atoms with Crippen LogP contribution in [0.1, 0.15) is 43.7 Å². The fourth-order valence-corrected chi connectivity index (χ4v) is 5.10. The fourth-order valence-electron chi connectivity index (χ4n) is 5.10. The first kappa shape index (κ1) is 30.1. The number of nitrogens with one attached hydrogen (secondary N) is 2. The van der Waals surface area contributed by atoms with Crippen LogP contribution in [0.3, 0.4) is 0 Å². The highest BCUT2D eigenvalue weighted by Gasteiger charge is 2.28. The predicted octanol–water partition coefficient (Wildman–Crippen LogP) is 5.99. The summed E-state index contributed by atoms with van der Waals surface area (Å²) in [5, 5.41) is 15.4. The minimum atomic E-state index is -0.436. The molecule has 8 nitrogen and oxygen atoms in total. The van der Waals surface area contributed by atoms with E-state index in [0.29, 0.717) is 48.6 Å². The normalized spacial score (nSPS) is 14.7. The van der Waals surface area contributed by atoms with E-state index in [-0.39, 0.29) is 18.6 Å². The van der Waals surface area contributed by atoms with Crippen molar-refractivity contribution in [3.63, 3.8) is 0 Å². The van der Waals surface area contributed by atoms with E-state index in [1.165, 1.54) is 0 Å². The fraction of sp³-hybridized carbons (Fsp3) is 0.394. The highest BCUT2D eigenvalue weighted by atomic mass is 16.6. The van der Waals surface area contributed by atoms with Crippen LogP contribution in [0, 0.1) is 0 Å². The summed E-state index contributed by atoms with van der Waals surface area (Å²) in [6.07, 6.45) is 2.85. The van der Waals surface area contributed by atoms with E-state index in [2.05, 4.69) is 24.7 Å². The van der Waals surface area contributed by atoms with Gasteiger partial charge in [0.2, 0.25) is 5.91 Å². The molecule has 1 heterocycles. The van der Waals surface area contributed by atoms with Gasteiger partial charge in [-0.05, 0) is 43.0 Å². The lowest BCUT2D eigenvalue weighted by molar-refractivity contribution is -0.896. The third-order valence-electron chi connectivity index (χ3n) is 7.48. The number of piperidine rings is 1. The zero-order valence-electron chi connectivity index (χ0n) is 24.3. The van der Waals surface area contributed by atoms with Gasteiger partial charge in [-0.1, -0.05) is 48.5 Å². The van der Waals surface area contributed by atoms with Crippen molar-refractivity contribution in [1.82, 2.24) is 0 Å². The molecule has 1 aliphatic heterocycles. The van der Waals surface area contributed by atoms with Gasteiger partial charge < -0.3 is 24.4 Å². The summed E-state index contributed by atoms with van der Waals surface area (Å²) in [6.45, 7) is 4.19. The number of benzene rings is 3. The number of carbonyl (C=O) groups is 2. The zero-order chi connectivity index (χ0) is 29.2. The molecule has 0 atom stereocenters. The number of aryl methyl sites for hydroxylation is 1. The molecule has 0 unspecified atom stereocenters. The lowest BCUT2D eigenvalue weighted by Gasteiger charge is -2.36. The van der Waals surface area contributed by atoms with Gasteiger partial charge in [-0.15, -0.1) is 0 Å². The molecule has 0 bridgehead atoms. The van der Waals surface area contributed by atoms with Crippen LogP contribution in [0.2, 0.25) is 0 Å². The van der Waals surface area contributed by atoms with E-state index in [4.69, 9.17) is 9.47 Å². The minimum Gasteiger partial charge on any atom is -0.493 e. The van der Waals surface area contributed by atoms with Crippen molar-refractivity contribution >= 4 is 23.4 Å². The summed E-state index contributed by atoms with van der Waals surface area (Å²) in [7, 11) is 4.40. The first-order valence-electron chi connectivity index (χ1n) is 14.4. The topological polar surface area (TPSA) is 96.9 Å². The predicted molar refractivity (Wildman–Crippen MR) is 162 cm³/mol. The Morgan fingerprint density at radius 3 is 2.44 bits per heavy atom. The number of likely N-dealkylation sites (tertiary alicyclic amines) is 1. The van der Waals surface area contributed by atoms with Gasteiger partial charge in [0, 0.05) is 42.1 Å². The molecule has 1 fully saturated rings. The Kier molecular flexibility index (Phi) is 10.4. The molecule has 218 valence electrons. The molecule has 3 N–H and O–H groups in total. The number of rotatable bonds is 11. The second-order valence-electron chi connectivity index (χ2n) is 11.2. The first-order valence-corrected chi connectivity index (χ1v) is 14.4. The van der Waals surface area contributed by atoms with Gasteiger partial charge in [-0.3, -0.25) is 10.1 Å². The highest BCUT2D eigenvalue weighted by Crippen LogP contribution is 2.30. The summed E-state index contributed by atoms with van der Waals surface area (Å²) in [4.78, 5) is 25.5. The molecule has 0 aromatic heterocycles. The Bertz CT molecular complexity index is 1320. The Labute approximate surface area is 242 Å². The standard InChI is InChI=1S/C33H41N3O5/c1-4-40-31-22-27(15-14-26(31)23-37)34-32(38)12-8-9-24-13-16-29(25-10-6-5-7-11-25)30(21-24)35-33(39)41-28-17-19-36(2,3)20-18-28/h5-7,10-11,13-16,21-22,28,37H,4,8-9,12,17-20,23H2,1-3H3,(H-,34,35,38,39)/p+1. The number of hydrogen-bond donors (Lipinski definition) is 3. The molecule has 2 amide bonds. The molecular formula is C33H42N3O5+. The van der Waals surface area contributed by atoms with Crippen LogP contribution in [-0.2, 0) is 22.6 Å². The Morgan fingerprint density at radius 2 is 1.73 bits per heavy atom. The lowest BCUT2D eigenvalue weighted by atomic mass is 9.99. The first-order chi connectivity index (χ1) is 19.8. The largest absolute Gasteiger partial charge is 0.493 e. The van der Waals surface area contributed by atoms with Crippen molar-refractivity contribution < 1.29 is 28.7 Å². The minimum absolute atomic E-state index is 0.0764. The number of hydrogen-bond acceptors (Lipinski definition) is 5. The van der Waals surface area contributed by atoms with Crippen LogP contribution >= 0.6 is 0 Å². The number of aliphatic hydroxyl groups excluding tert-OH is 1. The van der Waals surface area contributed by atoms with E-state index >= 15 is 0 Å². The maximum absolute atomic E-state index is 12.9. The number of quaternary nitrogens is 1. The zero-order valence-corrected chi connectivity index (χ0v) is 24.3. The molecule has 0 saturated carbocycles. The Balaban J connectivity index is 1.38. The molecule has 3 aromatic carbocycles. The average molecular weight is 561 g/mol. The molecule has 1 aliphatic rings. The highest BCUT2D eigenvalue weighted by molar-refractivity contribution is 5.92. The smallest absolute Gasteiger partial charge is 0.411 e. The van der Waals surface area contributed by atoms with Gasteiger partial charge in [-0.25, -0.2) is 4.79 Å². The van der Waals surface area contributed by atoms with Crippen LogP contribution in [0.25, 0.3) is 11.1 Å². The number of anilines is 2. The molecule has 0 spiro atoms. The Morgan fingerprint density at radius 1 is 0.976 bits per heavy atom. The number of amides is 2. The number of nitrogens with zero attached hydrogens (tertiary/aromatic N) is 1. The SMILES string of the molecule is CCOc1cc(NC(=O)CCCc2ccc(-c3ccccc3)c(NC(=O)OC3CC[N+](C)(C)CC3)c2)ccc1CO. The molecular weight excluding hydrogens is 518 g/mol. The third kappa shape index (κ3) is 8.80. The molecule has 3 aromatic rings. The van der Waals surface area contributed by atoms with Crippen molar-refractivity contribution in [3.8, 4) is 16.9 Å². The van der Waals surface area contributed by atoms with Crippen molar-refractivity contribution in [2.45, 2.75) is 51.7 Å². The van der Waals surface area contributed by atoms with Gasteiger partial charge in [0.25, 0.3) is 0 Å². The molecule has 4 rings (SSSR count). The third-order valence-corrected chi connectivity index (χ3v) is 7.48. The summed E-state index contributed by atoms with van der Waals surface area (Å²) < 4.78 is 12.3. The lowest BCUT2D eigenvalue weighted by Crippen LogP contribution is -2.48. The molecule has 0 aliphatic carbocycles. The van der Waals surface area contributed by atoms with Crippen LogP contribution in [-0.4, -0.2) is 61.5 Å². The quantitative estimate of drug-likeness (QED) is 0.250. The van der Waals surface area contributed by atoms with E-state index in [1.54, 1.807) is 18.2 Å². The second kappa shape index (κ2) is 14.1. The monoisotopic (exact) mass is 560 g/mol. The summed E-state index contributed by atoms with van der Waals surface area (Å²) in [5.74, 6) is 0.470. The number of aliphatic hydroxyl groups is 1. The number of carbonyl (C=O) groups excluding carboxylic acids is 2. The van der Waals surface area contributed by atoms with Gasteiger partial charge in [0.1, 0.15) is 11.9 Å². The maximum atomic E-state index is 12.9. The van der Waals surface area contributed by atoms with Gasteiger partial charge in [0.05, 0.1) is 46.1 Å². The van der Waals surface area contributed by atoms with Crippen LogP contribution in [0.15, 0.2) is 66.7 Å². The molecule has 0 radical (unpaired) electrons. The summed E-state index contributed by atoms with van der Waals surface area (Å²) >= 11 is 0. The van der Waals surface area contributed by atoms with Crippen molar-refractivity contribution in [3.05, 3.63) is 77.9 Å². The van der Waals surface area contributed by atoms with Gasteiger partial charge in [0.15, 0.2) is 0 Å². The molecule has 1 saturated heterocycles. The second-order valence-corrected chi connectivity index (χ2v) is 11.2. The maximum Gasteiger partial charge on any atom is 0.411 e. The number of ether oxygens (including phenoxy) is 2. The van der Waals surface area contributed by atoms with E-state index in [0.717, 1.165) is 47.1 Å². The van der Waals surface area contributed by atoms with Crippen LogP contribution < -0.4 is 15.4 Å². The van der Waals surface area contributed by atoms with Gasteiger partial charge in [-0.2, -0.15) is 0 Å². The van der Waals surface area contributed by atoms with E-state index in [1.807, 2.05) is 55.5 Å². The van der Waals surface area contributed by atoms with Crippen molar-refractivity contribution in [2.75, 3.05) is 44.4 Å². The van der Waals surface area contributed by atoms with Crippen LogP contribution in [0.4, 0.5) is 16.2 Å². The summed E-state index contributed by atoms with van der Waals surface area (Å²) in [5.41, 5.74) is 4.95. The van der Waals surface area contributed by atoms with Crippen molar-refractivity contribution in [2.24, 2.45) is 0 Å².